The van der Waals surface area contributed by atoms with Gasteiger partial charge in [-0.25, -0.2) is 0 Å². The van der Waals surface area contributed by atoms with E-state index >= 15 is 0 Å². The normalized spacial score (nSPS) is 21.2. The number of rotatable bonds is 16. The smallest absolute Gasteiger partial charge is 0.00695 e. The summed E-state index contributed by atoms with van der Waals surface area (Å²) in [6.45, 7) is 4.65. The SMILES string of the molecule is CCCCCCCCCCCCCCCCC[C@@H]1CCC[C@H](C)N1. The van der Waals surface area contributed by atoms with E-state index in [1.807, 2.05) is 0 Å². The Labute approximate surface area is 153 Å². The van der Waals surface area contributed by atoms with Crippen molar-refractivity contribution >= 4 is 0 Å². The average molecular weight is 338 g/mol. The fourth-order valence-corrected chi connectivity index (χ4v) is 4.23. The quantitative estimate of drug-likeness (QED) is 0.283. The molecule has 1 nitrogen and oxygen atoms in total. The molecule has 0 amide bonds. The minimum absolute atomic E-state index is 0.764. The summed E-state index contributed by atoms with van der Waals surface area (Å²) >= 11 is 0. The first-order chi connectivity index (χ1) is 11.8. The molecular formula is C23H47N. The molecule has 24 heavy (non-hydrogen) atoms. The lowest BCUT2D eigenvalue weighted by Crippen LogP contribution is -2.40. The van der Waals surface area contributed by atoms with Crippen LogP contribution in [0.25, 0.3) is 0 Å². The Morgan fingerprint density at radius 3 is 1.54 bits per heavy atom. The molecule has 0 unspecified atom stereocenters. The van der Waals surface area contributed by atoms with Crippen LogP contribution in [0.1, 0.15) is 136 Å². The Hall–Kier alpha value is -0.0400. The molecule has 144 valence electrons. The maximum Gasteiger partial charge on any atom is 0.00695 e. The molecule has 0 aromatic carbocycles. The van der Waals surface area contributed by atoms with Crippen LogP contribution in [0.5, 0.6) is 0 Å². The summed E-state index contributed by atoms with van der Waals surface area (Å²) in [6.07, 6.45) is 27.7. The molecule has 0 aromatic rings. The van der Waals surface area contributed by atoms with Crippen molar-refractivity contribution in [2.45, 2.75) is 148 Å². The number of hydrogen-bond acceptors (Lipinski definition) is 1. The Bertz CT molecular complexity index is 250. The first-order valence-corrected chi connectivity index (χ1v) is 11.6. The molecule has 1 rings (SSSR count). The highest BCUT2D eigenvalue weighted by Gasteiger charge is 2.16. The van der Waals surface area contributed by atoms with Gasteiger partial charge in [-0.2, -0.15) is 0 Å². The second-order valence-electron chi connectivity index (χ2n) is 8.43. The largest absolute Gasteiger partial charge is 0.312 e. The van der Waals surface area contributed by atoms with Gasteiger partial charge in [-0.1, -0.05) is 110 Å². The molecule has 0 aromatic heterocycles. The predicted octanol–water partition coefficient (Wildman–Crippen LogP) is 7.78. The van der Waals surface area contributed by atoms with Crippen LogP contribution in [-0.4, -0.2) is 12.1 Å². The van der Waals surface area contributed by atoms with Gasteiger partial charge in [-0.15, -0.1) is 0 Å². The van der Waals surface area contributed by atoms with Gasteiger partial charge in [0.25, 0.3) is 0 Å². The molecule has 0 saturated carbocycles. The maximum absolute atomic E-state index is 3.77. The highest BCUT2D eigenvalue weighted by Crippen LogP contribution is 2.18. The van der Waals surface area contributed by atoms with Gasteiger partial charge in [0.1, 0.15) is 0 Å². The fourth-order valence-electron chi connectivity index (χ4n) is 4.23. The van der Waals surface area contributed by atoms with Gasteiger partial charge in [-0.3, -0.25) is 0 Å². The molecule has 0 radical (unpaired) electrons. The minimum atomic E-state index is 0.764. The lowest BCUT2D eigenvalue weighted by molar-refractivity contribution is 0.314. The molecule has 0 bridgehead atoms. The first-order valence-electron chi connectivity index (χ1n) is 11.6. The average Bonchev–Trinajstić information content (AvgIpc) is 2.58. The second-order valence-corrected chi connectivity index (χ2v) is 8.43. The van der Waals surface area contributed by atoms with Gasteiger partial charge in [0.05, 0.1) is 0 Å². The van der Waals surface area contributed by atoms with Gasteiger partial charge < -0.3 is 5.32 Å². The third-order valence-corrected chi connectivity index (χ3v) is 5.87. The van der Waals surface area contributed by atoms with E-state index in [9.17, 15) is 0 Å². The van der Waals surface area contributed by atoms with E-state index in [1.54, 1.807) is 0 Å². The molecular weight excluding hydrogens is 290 g/mol. The van der Waals surface area contributed by atoms with Gasteiger partial charge in [-0.05, 0) is 26.2 Å². The Morgan fingerprint density at radius 1 is 0.625 bits per heavy atom. The fraction of sp³-hybridized carbons (Fsp3) is 1.00. The van der Waals surface area contributed by atoms with Crippen molar-refractivity contribution in [1.29, 1.82) is 0 Å². The van der Waals surface area contributed by atoms with Crippen molar-refractivity contribution in [1.82, 2.24) is 5.32 Å². The van der Waals surface area contributed by atoms with E-state index in [2.05, 4.69) is 19.2 Å². The van der Waals surface area contributed by atoms with Crippen molar-refractivity contribution in [3.8, 4) is 0 Å². The Kier molecular flexibility index (Phi) is 15.1. The van der Waals surface area contributed by atoms with Crippen LogP contribution in [0.3, 0.4) is 0 Å². The van der Waals surface area contributed by atoms with Crippen molar-refractivity contribution in [3.05, 3.63) is 0 Å². The van der Waals surface area contributed by atoms with E-state index in [0.29, 0.717) is 0 Å². The molecule has 0 aliphatic carbocycles. The lowest BCUT2D eigenvalue weighted by Gasteiger charge is -2.28. The van der Waals surface area contributed by atoms with Gasteiger partial charge >= 0.3 is 0 Å². The number of unbranched alkanes of at least 4 members (excludes halogenated alkanes) is 14. The molecule has 1 aliphatic rings. The molecule has 1 saturated heterocycles. The molecule has 2 atom stereocenters. The second kappa shape index (κ2) is 16.4. The molecule has 1 heteroatoms. The van der Waals surface area contributed by atoms with Crippen molar-refractivity contribution in [2.24, 2.45) is 0 Å². The third-order valence-electron chi connectivity index (χ3n) is 5.87. The van der Waals surface area contributed by atoms with Crippen LogP contribution in [0.4, 0.5) is 0 Å². The summed E-state index contributed by atoms with van der Waals surface area (Å²) < 4.78 is 0. The molecule has 1 fully saturated rings. The Balaban J connectivity index is 1.70. The molecule has 1 heterocycles. The zero-order valence-corrected chi connectivity index (χ0v) is 17.1. The molecule has 1 aliphatic heterocycles. The van der Waals surface area contributed by atoms with E-state index < -0.39 is 0 Å². The highest BCUT2D eigenvalue weighted by molar-refractivity contribution is 4.77. The minimum Gasteiger partial charge on any atom is -0.312 e. The number of piperidine rings is 1. The van der Waals surface area contributed by atoms with E-state index in [-0.39, 0.29) is 0 Å². The Morgan fingerprint density at radius 2 is 1.08 bits per heavy atom. The number of nitrogens with one attached hydrogen (secondary N) is 1. The monoisotopic (exact) mass is 337 g/mol. The topological polar surface area (TPSA) is 12.0 Å². The predicted molar refractivity (Wildman–Crippen MR) is 110 cm³/mol. The van der Waals surface area contributed by atoms with Crippen LogP contribution in [0, 0.1) is 0 Å². The van der Waals surface area contributed by atoms with E-state index in [0.717, 1.165) is 12.1 Å². The first kappa shape index (κ1) is 22.0. The zero-order chi connectivity index (χ0) is 17.3. The van der Waals surface area contributed by atoms with Gasteiger partial charge in [0, 0.05) is 12.1 Å². The number of hydrogen-bond donors (Lipinski definition) is 1. The standard InChI is InChI=1S/C23H47N/c1-3-4-5-6-7-8-9-10-11-12-13-14-15-16-17-20-23-21-18-19-22(2)24-23/h22-24H,3-21H2,1-2H3/t22-,23+/m0/s1. The molecule has 0 spiro atoms. The van der Waals surface area contributed by atoms with E-state index in [1.165, 1.54) is 122 Å². The summed E-state index contributed by atoms with van der Waals surface area (Å²) in [5, 5.41) is 3.77. The maximum atomic E-state index is 3.77. The highest BCUT2D eigenvalue weighted by atomic mass is 15.0. The summed E-state index contributed by atoms with van der Waals surface area (Å²) in [5.74, 6) is 0. The van der Waals surface area contributed by atoms with Gasteiger partial charge in [0.15, 0.2) is 0 Å². The third kappa shape index (κ3) is 13.3. The van der Waals surface area contributed by atoms with E-state index in [4.69, 9.17) is 0 Å². The van der Waals surface area contributed by atoms with Crippen LogP contribution in [-0.2, 0) is 0 Å². The van der Waals surface area contributed by atoms with Crippen LogP contribution in [0.2, 0.25) is 0 Å². The van der Waals surface area contributed by atoms with Crippen molar-refractivity contribution in [3.63, 3.8) is 0 Å². The van der Waals surface area contributed by atoms with Crippen LogP contribution in [0.15, 0.2) is 0 Å². The summed E-state index contributed by atoms with van der Waals surface area (Å²) in [7, 11) is 0. The molecule has 1 N–H and O–H groups in total. The van der Waals surface area contributed by atoms with Crippen LogP contribution >= 0.6 is 0 Å². The summed E-state index contributed by atoms with van der Waals surface area (Å²) in [6, 6.07) is 1.59. The van der Waals surface area contributed by atoms with Crippen LogP contribution < -0.4 is 5.32 Å². The van der Waals surface area contributed by atoms with Gasteiger partial charge in [0.2, 0.25) is 0 Å². The summed E-state index contributed by atoms with van der Waals surface area (Å²) in [4.78, 5) is 0. The van der Waals surface area contributed by atoms with Crippen molar-refractivity contribution < 1.29 is 0 Å². The lowest BCUT2D eigenvalue weighted by atomic mass is 9.95. The summed E-state index contributed by atoms with van der Waals surface area (Å²) in [5.41, 5.74) is 0. The zero-order valence-electron chi connectivity index (χ0n) is 17.1. The van der Waals surface area contributed by atoms with Crippen molar-refractivity contribution in [2.75, 3.05) is 0 Å².